The van der Waals surface area contributed by atoms with Gasteiger partial charge in [0.1, 0.15) is 23.9 Å². The van der Waals surface area contributed by atoms with Gasteiger partial charge in [0.05, 0.1) is 24.4 Å². The van der Waals surface area contributed by atoms with E-state index in [-0.39, 0.29) is 35.8 Å². The summed E-state index contributed by atoms with van der Waals surface area (Å²) in [6.45, 7) is 2.56. The van der Waals surface area contributed by atoms with Gasteiger partial charge >= 0.3 is 11.9 Å². The van der Waals surface area contributed by atoms with E-state index < -0.39 is 64.8 Å². The van der Waals surface area contributed by atoms with Crippen molar-refractivity contribution in [3.63, 3.8) is 0 Å². The van der Waals surface area contributed by atoms with E-state index in [1.165, 1.54) is 14.0 Å². The fraction of sp³-hybridized carbons (Fsp3) is 0.758. The summed E-state index contributed by atoms with van der Waals surface area (Å²) in [4.78, 5) is 29.2. The second kappa shape index (κ2) is 10.2. The SMILES string of the molecule is COC[C@@]12CCC(OC)C34C(C(C(OC)[C@@H]31)[C@]1(OC(C)=O)[C@@H]3[C@H]4C[C@@](O)([C@@H]3OC(=O)c3ccccc3)[C@@H](OC)[C@@H]1O)N(C)C2. The number of benzene rings is 1. The van der Waals surface area contributed by atoms with Gasteiger partial charge in [-0.2, -0.15) is 0 Å². The maximum Gasteiger partial charge on any atom is 0.338 e. The van der Waals surface area contributed by atoms with E-state index >= 15 is 0 Å². The zero-order valence-corrected chi connectivity index (χ0v) is 26.3. The minimum absolute atomic E-state index is 0.103. The monoisotopic (exact) mass is 615 g/mol. The molecule has 1 aliphatic heterocycles. The highest BCUT2D eigenvalue weighted by molar-refractivity contribution is 5.89. The minimum Gasteiger partial charge on any atom is -0.455 e. The predicted molar refractivity (Wildman–Crippen MR) is 154 cm³/mol. The van der Waals surface area contributed by atoms with Gasteiger partial charge in [-0.1, -0.05) is 18.2 Å². The van der Waals surface area contributed by atoms with Crippen LogP contribution in [0.2, 0.25) is 0 Å². The zero-order chi connectivity index (χ0) is 31.4. The zero-order valence-electron chi connectivity index (χ0n) is 26.3. The van der Waals surface area contributed by atoms with Crippen molar-refractivity contribution in [3.05, 3.63) is 35.9 Å². The molecule has 1 aromatic rings. The Balaban J connectivity index is 1.51. The number of esters is 2. The van der Waals surface area contributed by atoms with Crippen LogP contribution in [0.1, 0.15) is 36.5 Å². The molecule has 5 saturated carbocycles. The van der Waals surface area contributed by atoms with Crippen LogP contribution in [-0.4, -0.2) is 123 Å². The van der Waals surface area contributed by atoms with Gasteiger partial charge < -0.3 is 43.5 Å². The number of ether oxygens (including phenoxy) is 6. The van der Waals surface area contributed by atoms with Crippen molar-refractivity contribution in [1.29, 1.82) is 0 Å². The molecule has 11 nitrogen and oxygen atoms in total. The largest absolute Gasteiger partial charge is 0.455 e. The third kappa shape index (κ3) is 3.41. The van der Waals surface area contributed by atoms with E-state index in [4.69, 9.17) is 28.4 Å². The molecule has 44 heavy (non-hydrogen) atoms. The molecule has 11 heteroatoms. The lowest BCUT2D eigenvalue weighted by Gasteiger charge is -2.69. The molecule has 1 spiro atoms. The Morgan fingerprint density at radius 1 is 1.02 bits per heavy atom. The summed E-state index contributed by atoms with van der Waals surface area (Å²) in [7, 11) is 8.63. The molecule has 1 saturated heterocycles. The first kappa shape index (κ1) is 30.5. The summed E-state index contributed by atoms with van der Waals surface area (Å²) in [5.74, 6) is -2.96. The van der Waals surface area contributed by atoms with Gasteiger partial charge in [-0.05, 0) is 44.4 Å². The van der Waals surface area contributed by atoms with Crippen LogP contribution in [0.15, 0.2) is 30.3 Å². The van der Waals surface area contributed by atoms with Crippen LogP contribution >= 0.6 is 0 Å². The first-order valence-electron chi connectivity index (χ1n) is 15.7. The Morgan fingerprint density at radius 2 is 1.75 bits per heavy atom. The van der Waals surface area contributed by atoms with Crippen molar-refractivity contribution >= 4 is 11.9 Å². The highest BCUT2D eigenvalue weighted by atomic mass is 16.6. The number of aliphatic hydroxyl groups is 2. The first-order valence-corrected chi connectivity index (χ1v) is 15.7. The molecule has 6 fully saturated rings. The summed E-state index contributed by atoms with van der Waals surface area (Å²) in [6.07, 6.45) is -2.66. The molecule has 5 aliphatic carbocycles. The van der Waals surface area contributed by atoms with Crippen LogP contribution in [0.4, 0.5) is 0 Å². The number of nitrogens with zero attached hydrogens (tertiary/aromatic N) is 1. The number of hydrogen-bond donors (Lipinski definition) is 2. The summed E-state index contributed by atoms with van der Waals surface area (Å²) in [6, 6.07) is 8.39. The summed E-state index contributed by atoms with van der Waals surface area (Å²) >= 11 is 0. The Bertz CT molecular complexity index is 1310. The standard InChI is InChI=1S/C33H45NO10/c1-17(35)44-33-21-19(14-31(38,28(42-6)26(33)36)27(21)43-29(37)18-10-8-7-9-11-18)32-20(40-4)12-13-30(16-39-3)15-34(2)25(32)22(33)23(41-5)24(30)32/h7-11,19-28,36,38H,12-16H2,1-6H3/t19-,20?,21-,22?,23?,24-,25?,26+,27-,28+,30+,31-,32?,33-/m1/s1. The number of aliphatic hydroxyl groups excluding tert-OH is 1. The molecule has 242 valence electrons. The number of rotatable bonds is 8. The molecule has 7 rings (SSSR count). The van der Waals surface area contributed by atoms with Gasteiger partial charge in [-0.3, -0.25) is 4.79 Å². The number of hydrogen-bond acceptors (Lipinski definition) is 11. The van der Waals surface area contributed by atoms with Gasteiger partial charge in [0.25, 0.3) is 0 Å². The third-order valence-electron chi connectivity index (χ3n) is 12.8. The number of fused-ring (bicyclic) bond motifs is 2. The lowest BCUT2D eigenvalue weighted by atomic mass is 9.43. The summed E-state index contributed by atoms with van der Waals surface area (Å²) in [5, 5.41) is 25.1. The van der Waals surface area contributed by atoms with Gasteiger partial charge in [-0.15, -0.1) is 0 Å². The molecule has 2 N–H and O–H groups in total. The summed E-state index contributed by atoms with van der Waals surface area (Å²) in [5.41, 5.74) is -3.93. The van der Waals surface area contributed by atoms with E-state index in [0.717, 1.165) is 19.4 Å². The van der Waals surface area contributed by atoms with Crippen LogP contribution in [-0.2, 0) is 33.2 Å². The van der Waals surface area contributed by atoms with E-state index in [9.17, 15) is 19.8 Å². The van der Waals surface area contributed by atoms with E-state index in [0.29, 0.717) is 12.2 Å². The van der Waals surface area contributed by atoms with Crippen LogP contribution < -0.4 is 0 Å². The predicted octanol–water partition coefficient (Wildman–Crippen LogP) is 1.29. The topological polar surface area (TPSA) is 133 Å². The average molecular weight is 616 g/mol. The van der Waals surface area contributed by atoms with Crippen molar-refractivity contribution in [2.75, 3.05) is 48.6 Å². The summed E-state index contributed by atoms with van der Waals surface area (Å²) < 4.78 is 37.5. The van der Waals surface area contributed by atoms with Gasteiger partial charge in [0.2, 0.25) is 0 Å². The van der Waals surface area contributed by atoms with Crippen molar-refractivity contribution in [2.45, 2.75) is 73.9 Å². The lowest BCUT2D eigenvalue weighted by Crippen LogP contribution is -2.80. The molecule has 5 unspecified atom stereocenters. The van der Waals surface area contributed by atoms with E-state index in [1.54, 1.807) is 45.6 Å². The smallest absolute Gasteiger partial charge is 0.338 e. The second-order valence-electron chi connectivity index (χ2n) is 14.2. The quantitative estimate of drug-likeness (QED) is 0.410. The molecule has 6 aliphatic rings. The third-order valence-corrected chi connectivity index (χ3v) is 12.8. The van der Waals surface area contributed by atoms with Crippen molar-refractivity contribution in [3.8, 4) is 0 Å². The van der Waals surface area contributed by atoms with Crippen molar-refractivity contribution < 1.29 is 48.2 Å². The van der Waals surface area contributed by atoms with Crippen molar-refractivity contribution in [1.82, 2.24) is 4.90 Å². The van der Waals surface area contributed by atoms with Crippen LogP contribution in [0, 0.1) is 34.5 Å². The minimum atomic E-state index is -1.76. The molecule has 14 atom stereocenters. The second-order valence-corrected chi connectivity index (χ2v) is 14.2. The highest BCUT2D eigenvalue weighted by Crippen LogP contribution is 2.80. The highest BCUT2D eigenvalue weighted by Gasteiger charge is 2.91. The molecular weight excluding hydrogens is 570 g/mol. The van der Waals surface area contributed by atoms with Gasteiger partial charge in [0, 0.05) is 76.5 Å². The molecule has 1 aromatic carbocycles. The van der Waals surface area contributed by atoms with Gasteiger partial charge in [-0.25, -0.2) is 4.79 Å². The maximum absolute atomic E-state index is 13.7. The number of carbonyl (C=O) groups is 2. The molecule has 1 heterocycles. The fourth-order valence-electron chi connectivity index (χ4n) is 12.3. The Kier molecular flexibility index (Phi) is 7.07. The van der Waals surface area contributed by atoms with Crippen molar-refractivity contribution in [2.24, 2.45) is 34.5 Å². The van der Waals surface area contributed by atoms with Crippen LogP contribution in [0.25, 0.3) is 0 Å². The Labute approximate surface area is 258 Å². The molecule has 0 aromatic heterocycles. The van der Waals surface area contributed by atoms with Gasteiger partial charge in [0.15, 0.2) is 5.60 Å². The molecule has 0 amide bonds. The van der Waals surface area contributed by atoms with E-state index in [1.807, 2.05) is 6.07 Å². The normalized spacial score (nSPS) is 49.9. The maximum atomic E-state index is 13.7. The Morgan fingerprint density at radius 3 is 2.36 bits per heavy atom. The fourth-order valence-corrected chi connectivity index (χ4v) is 12.3. The average Bonchev–Trinajstić information content (AvgIpc) is 3.39. The number of methoxy groups -OCH3 is 4. The van der Waals surface area contributed by atoms with Crippen LogP contribution in [0.3, 0.4) is 0 Å². The van der Waals surface area contributed by atoms with E-state index in [2.05, 4.69) is 11.9 Å². The number of carbonyl (C=O) groups excluding carboxylic acids is 2. The lowest BCUT2D eigenvalue weighted by molar-refractivity contribution is -0.316. The number of piperidine rings is 1. The first-order chi connectivity index (χ1) is 21.0. The Hall–Kier alpha value is -2.12. The molecular formula is C33H45NO10. The number of likely N-dealkylation sites (tertiary alicyclic amines) is 1. The van der Waals surface area contributed by atoms with Crippen LogP contribution in [0.5, 0.6) is 0 Å². The molecule has 7 bridgehead atoms. The molecule has 0 radical (unpaired) electrons.